The lowest BCUT2D eigenvalue weighted by Gasteiger charge is -2.34. The van der Waals surface area contributed by atoms with Crippen molar-refractivity contribution in [3.8, 4) is 0 Å². The van der Waals surface area contributed by atoms with E-state index in [0.717, 1.165) is 50.3 Å². The highest BCUT2D eigenvalue weighted by Gasteiger charge is 2.50. The normalized spacial score (nSPS) is 27.1. The SMILES string of the molecule is CCOC(=O)C1(COS(=O)(=O)ON2C(=O)N3CC2CC[C@H]3C(=O)NC2CCNCC2)CCCCC1. The number of nitrogens with zero attached hydrogens (tertiary/aromatic N) is 2. The van der Waals surface area contributed by atoms with Gasteiger partial charge in [0.15, 0.2) is 0 Å². The van der Waals surface area contributed by atoms with E-state index in [1.54, 1.807) is 6.92 Å². The van der Waals surface area contributed by atoms with E-state index in [1.165, 1.54) is 4.90 Å². The highest BCUT2D eigenvalue weighted by atomic mass is 32.3. The van der Waals surface area contributed by atoms with Crippen LogP contribution in [0.25, 0.3) is 0 Å². The van der Waals surface area contributed by atoms with Crippen LogP contribution < -0.4 is 10.6 Å². The number of fused-ring (bicyclic) bond motifs is 2. The molecule has 4 rings (SSSR count). The number of carbonyl (C=O) groups excluding carboxylic acids is 3. The van der Waals surface area contributed by atoms with Crippen molar-refractivity contribution in [3.05, 3.63) is 0 Å². The third kappa shape index (κ3) is 5.89. The molecule has 0 spiro atoms. The Bertz CT molecular complexity index is 901. The molecule has 0 aromatic rings. The lowest BCUT2D eigenvalue weighted by molar-refractivity contribution is -0.160. The Kier molecular flexibility index (Phi) is 8.19. The molecule has 4 aliphatic rings. The molecule has 3 aliphatic heterocycles. The summed E-state index contributed by atoms with van der Waals surface area (Å²) in [4.78, 5) is 39.8. The van der Waals surface area contributed by atoms with Crippen LogP contribution in [0, 0.1) is 5.41 Å². The Morgan fingerprint density at radius 2 is 1.83 bits per heavy atom. The molecular weight excluding hydrogens is 480 g/mol. The molecule has 12 nitrogen and oxygen atoms in total. The molecule has 0 aromatic heterocycles. The minimum Gasteiger partial charge on any atom is -0.465 e. The fraction of sp³-hybridized carbons (Fsp3) is 0.864. The molecule has 4 fully saturated rings. The fourth-order valence-electron chi connectivity index (χ4n) is 5.49. The minimum absolute atomic E-state index is 0.0619. The highest BCUT2D eigenvalue weighted by molar-refractivity contribution is 7.81. The van der Waals surface area contributed by atoms with E-state index in [4.69, 9.17) is 13.2 Å². The summed E-state index contributed by atoms with van der Waals surface area (Å²) >= 11 is 0. The monoisotopic (exact) mass is 516 g/mol. The van der Waals surface area contributed by atoms with Gasteiger partial charge in [0.25, 0.3) is 0 Å². The van der Waals surface area contributed by atoms with Crippen molar-refractivity contribution in [2.45, 2.75) is 82.8 Å². The number of ether oxygens (including phenoxy) is 1. The molecular formula is C22H36N4O8S. The molecule has 0 aromatic carbocycles. The predicted octanol–water partition coefficient (Wildman–Crippen LogP) is 0.830. The first-order chi connectivity index (χ1) is 16.7. The van der Waals surface area contributed by atoms with Crippen molar-refractivity contribution in [1.82, 2.24) is 20.6 Å². The average molecular weight is 517 g/mol. The molecule has 1 saturated carbocycles. The van der Waals surface area contributed by atoms with Gasteiger partial charge in [-0.1, -0.05) is 19.3 Å². The summed E-state index contributed by atoms with van der Waals surface area (Å²) in [7, 11) is -4.62. The molecule has 13 heteroatoms. The van der Waals surface area contributed by atoms with Crippen LogP contribution in [0.15, 0.2) is 0 Å². The van der Waals surface area contributed by atoms with Crippen molar-refractivity contribution < 1.29 is 36.0 Å². The Balaban J connectivity index is 1.36. The summed E-state index contributed by atoms with van der Waals surface area (Å²) < 4.78 is 40.7. The number of amides is 3. The number of urea groups is 1. The van der Waals surface area contributed by atoms with Crippen LogP contribution in [-0.4, -0.2) is 87.3 Å². The van der Waals surface area contributed by atoms with E-state index in [9.17, 15) is 22.8 Å². The highest BCUT2D eigenvalue weighted by Crippen LogP contribution is 2.39. The number of hydrogen-bond donors (Lipinski definition) is 2. The minimum atomic E-state index is -4.62. The molecule has 35 heavy (non-hydrogen) atoms. The first kappa shape index (κ1) is 26.1. The maximum atomic E-state index is 13.0. The van der Waals surface area contributed by atoms with Crippen LogP contribution >= 0.6 is 0 Å². The Morgan fingerprint density at radius 1 is 1.11 bits per heavy atom. The number of esters is 1. The summed E-state index contributed by atoms with van der Waals surface area (Å²) in [6.45, 7) is 3.35. The van der Waals surface area contributed by atoms with Crippen molar-refractivity contribution in [2.75, 3.05) is 32.8 Å². The molecule has 0 radical (unpaired) electrons. The predicted molar refractivity (Wildman–Crippen MR) is 123 cm³/mol. The van der Waals surface area contributed by atoms with Crippen LogP contribution in [0.4, 0.5) is 4.79 Å². The van der Waals surface area contributed by atoms with E-state index < -0.39 is 46.5 Å². The maximum absolute atomic E-state index is 13.0. The van der Waals surface area contributed by atoms with Gasteiger partial charge < -0.3 is 20.3 Å². The summed E-state index contributed by atoms with van der Waals surface area (Å²) in [6.07, 6.45) is 5.92. The maximum Gasteiger partial charge on any atom is 0.421 e. The van der Waals surface area contributed by atoms with Gasteiger partial charge >= 0.3 is 22.4 Å². The zero-order valence-corrected chi connectivity index (χ0v) is 21.0. The number of nitrogens with one attached hydrogen (secondary N) is 2. The standard InChI is InChI=1S/C22H36N4O8S/c1-2-32-20(28)22(10-4-3-5-11-22)15-33-35(30,31)34-26-17-6-7-18(25(14-17)21(26)29)19(27)24-16-8-12-23-13-9-16/h16-18,23H,2-15H2,1H3,(H,24,27)/t17?,18-/m0/s1. The second-order valence-electron chi connectivity index (χ2n) is 9.85. The Hall–Kier alpha value is -1.96. The first-order valence-electron chi connectivity index (χ1n) is 12.6. The average Bonchev–Trinajstić information content (AvgIpc) is 3.08. The Morgan fingerprint density at radius 3 is 2.51 bits per heavy atom. The van der Waals surface area contributed by atoms with Crippen LogP contribution in [0.2, 0.25) is 0 Å². The summed E-state index contributed by atoms with van der Waals surface area (Å²) in [5.74, 6) is -0.699. The van der Waals surface area contributed by atoms with Crippen LogP contribution in [0.5, 0.6) is 0 Å². The summed E-state index contributed by atoms with van der Waals surface area (Å²) in [6, 6.07) is -1.78. The topological polar surface area (TPSA) is 144 Å². The quantitative estimate of drug-likeness (QED) is 0.426. The molecule has 3 heterocycles. The number of hydroxylamine groups is 2. The zero-order valence-electron chi connectivity index (χ0n) is 20.2. The van der Waals surface area contributed by atoms with Crippen molar-refractivity contribution in [2.24, 2.45) is 5.41 Å². The van der Waals surface area contributed by atoms with E-state index >= 15 is 0 Å². The first-order valence-corrected chi connectivity index (χ1v) is 13.9. The van der Waals surface area contributed by atoms with Gasteiger partial charge in [0.05, 0.1) is 24.7 Å². The van der Waals surface area contributed by atoms with Gasteiger partial charge in [-0.3, -0.25) is 9.59 Å². The Labute approximate surface area is 206 Å². The lowest BCUT2D eigenvalue weighted by atomic mass is 9.75. The molecule has 2 atom stereocenters. The van der Waals surface area contributed by atoms with E-state index in [-0.39, 0.29) is 25.1 Å². The van der Waals surface area contributed by atoms with Crippen LogP contribution in [0.3, 0.4) is 0 Å². The van der Waals surface area contributed by atoms with Gasteiger partial charge in [0.1, 0.15) is 6.04 Å². The second kappa shape index (κ2) is 11.0. The molecule has 3 saturated heterocycles. The summed E-state index contributed by atoms with van der Waals surface area (Å²) in [5.41, 5.74) is -1.04. The second-order valence-corrected chi connectivity index (χ2v) is 11.0. The largest absolute Gasteiger partial charge is 0.465 e. The van der Waals surface area contributed by atoms with Gasteiger partial charge in [-0.25, -0.2) is 8.98 Å². The third-order valence-corrected chi connectivity index (χ3v) is 8.23. The fourth-order valence-corrected chi connectivity index (χ4v) is 6.29. The van der Waals surface area contributed by atoms with E-state index in [1.807, 2.05) is 0 Å². The summed E-state index contributed by atoms with van der Waals surface area (Å²) in [5, 5.41) is 7.06. The van der Waals surface area contributed by atoms with Crippen LogP contribution in [0.1, 0.15) is 64.7 Å². The van der Waals surface area contributed by atoms with E-state index in [0.29, 0.717) is 25.7 Å². The van der Waals surface area contributed by atoms with Gasteiger partial charge in [-0.05, 0) is 58.5 Å². The van der Waals surface area contributed by atoms with Crippen molar-refractivity contribution >= 4 is 28.3 Å². The van der Waals surface area contributed by atoms with Gasteiger partial charge in [0.2, 0.25) is 5.91 Å². The lowest BCUT2D eigenvalue weighted by Crippen LogP contribution is -2.53. The van der Waals surface area contributed by atoms with E-state index in [2.05, 4.69) is 10.6 Å². The van der Waals surface area contributed by atoms with Gasteiger partial charge in [0, 0.05) is 12.6 Å². The molecule has 198 valence electrons. The molecule has 2 N–H and O–H groups in total. The zero-order chi connectivity index (χ0) is 25.1. The van der Waals surface area contributed by atoms with Crippen LogP contribution in [-0.2, 0) is 33.2 Å². The third-order valence-electron chi connectivity index (χ3n) is 7.48. The number of carbonyl (C=O) groups is 3. The number of piperidine rings is 2. The van der Waals surface area contributed by atoms with Gasteiger partial charge in [-0.2, -0.15) is 13.5 Å². The van der Waals surface area contributed by atoms with Crippen molar-refractivity contribution in [3.63, 3.8) is 0 Å². The van der Waals surface area contributed by atoms with Gasteiger partial charge in [-0.15, -0.1) is 4.28 Å². The molecule has 3 amide bonds. The molecule has 1 unspecified atom stereocenters. The smallest absolute Gasteiger partial charge is 0.421 e. The van der Waals surface area contributed by atoms with Crippen molar-refractivity contribution in [1.29, 1.82) is 0 Å². The molecule has 2 bridgehead atoms. The molecule has 1 aliphatic carbocycles. The number of rotatable bonds is 9. The number of hydrogen-bond acceptors (Lipinski definition) is 9.